The van der Waals surface area contributed by atoms with Gasteiger partial charge in [-0.3, -0.25) is 23.9 Å². The average molecular weight is 730 g/mol. The van der Waals surface area contributed by atoms with E-state index in [9.17, 15) is 19.2 Å². The highest BCUT2D eigenvalue weighted by molar-refractivity contribution is 6.19. The lowest BCUT2D eigenvalue weighted by Crippen LogP contribution is -2.47. The number of amides is 3. The Morgan fingerprint density at radius 1 is 0.852 bits per heavy atom. The monoisotopic (exact) mass is 729 g/mol. The Bertz CT molecular complexity index is 2320. The van der Waals surface area contributed by atoms with Crippen LogP contribution in [0.4, 0.5) is 5.69 Å². The fourth-order valence-corrected chi connectivity index (χ4v) is 9.42. The van der Waals surface area contributed by atoms with Crippen LogP contribution in [0.25, 0.3) is 21.8 Å². The summed E-state index contributed by atoms with van der Waals surface area (Å²) in [5.74, 6) is -0.496. The number of fused-ring (bicyclic) bond motifs is 2. The molecule has 2 saturated carbocycles. The number of pyridine rings is 1. The maximum absolute atomic E-state index is 14.0. The number of aromatic nitrogens is 4. The maximum Gasteiger partial charge on any atom is 0.275 e. The highest BCUT2D eigenvalue weighted by Crippen LogP contribution is 2.39. The first-order chi connectivity index (χ1) is 26.3. The van der Waals surface area contributed by atoms with Crippen molar-refractivity contribution >= 4 is 45.2 Å². The Labute approximate surface area is 313 Å². The summed E-state index contributed by atoms with van der Waals surface area (Å²) in [5.41, 5.74) is 8.70. The molecule has 3 amide bonds. The fraction of sp³-hybridized carbons (Fsp3) is 0.452. The van der Waals surface area contributed by atoms with E-state index in [0.717, 1.165) is 103 Å². The number of benzene rings is 2. The third-order valence-electron chi connectivity index (χ3n) is 12.5. The second kappa shape index (κ2) is 13.9. The number of carbonyl (C=O) groups excluding carboxylic acids is 3. The second-order valence-corrected chi connectivity index (χ2v) is 15.8. The van der Waals surface area contributed by atoms with Crippen molar-refractivity contribution in [1.82, 2.24) is 23.8 Å². The molecule has 4 fully saturated rings. The first kappa shape index (κ1) is 34.5. The minimum Gasteiger partial charge on any atom is -0.496 e. The number of likely N-dealkylation sites (tertiary alicyclic amines) is 1. The molecule has 5 heterocycles. The van der Waals surface area contributed by atoms with Gasteiger partial charge in [0.15, 0.2) is 0 Å². The molecule has 0 spiro atoms. The van der Waals surface area contributed by atoms with Crippen molar-refractivity contribution in [3.63, 3.8) is 0 Å². The summed E-state index contributed by atoms with van der Waals surface area (Å²) >= 11 is 0. The Morgan fingerprint density at radius 3 is 2.35 bits per heavy atom. The number of rotatable bonds is 9. The number of methoxy groups -OCH3 is 1. The molecule has 2 saturated heterocycles. The predicted octanol–water partition coefficient (Wildman–Crippen LogP) is 6.10. The third-order valence-corrected chi connectivity index (χ3v) is 12.5. The number of piperidine rings is 2. The van der Waals surface area contributed by atoms with E-state index in [-0.39, 0.29) is 35.5 Å². The van der Waals surface area contributed by atoms with Gasteiger partial charge in [0.2, 0.25) is 11.8 Å². The molecule has 5 aromatic rings. The maximum atomic E-state index is 14.0. The molecule has 1 atom stereocenters. The van der Waals surface area contributed by atoms with Gasteiger partial charge in [0.05, 0.1) is 30.1 Å². The molecule has 12 heteroatoms. The van der Waals surface area contributed by atoms with Gasteiger partial charge < -0.3 is 24.5 Å². The Hall–Kier alpha value is -5.23. The minimum absolute atomic E-state index is 0.159. The quantitative estimate of drug-likeness (QED) is 0.181. The van der Waals surface area contributed by atoms with Crippen LogP contribution in [0.2, 0.25) is 0 Å². The normalized spacial score (nSPS) is 23.1. The van der Waals surface area contributed by atoms with E-state index in [0.29, 0.717) is 35.7 Å². The molecular weight excluding hydrogens is 683 g/mol. The number of carbonyl (C=O) groups is 3. The topological polar surface area (TPSA) is 138 Å². The lowest BCUT2D eigenvalue weighted by atomic mass is 9.85. The number of primary amides is 1. The van der Waals surface area contributed by atoms with Crippen LogP contribution in [0.1, 0.15) is 104 Å². The van der Waals surface area contributed by atoms with Crippen molar-refractivity contribution in [2.75, 3.05) is 31.6 Å². The van der Waals surface area contributed by atoms with Gasteiger partial charge >= 0.3 is 0 Å². The number of hydrogen-bond donors (Lipinski definition) is 1. The van der Waals surface area contributed by atoms with Crippen LogP contribution in [0, 0.1) is 5.92 Å². The van der Waals surface area contributed by atoms with Gasteiger partial charge in [0.1, 0.15) is 11.4 Å². The van der Waals surface area contributed by atoms with Gasteiger partial charge in [-0.15, -0.1) is 0 Å². The molecule has 2 aliphatic heterocycles. The lowest BCUT2D eigenvalue weighted by molar-refractivity contribution is -0.130. The van der Waals surface area contributed by atoms with Crippen molar-refractivity contribution in [3.05, 3.63) is 88.6 Å². The molecule has 3 aromatic heterocycles. The number of nitrogens with zero attached hydrogens (tertiary/aromatic N) is 6. The molecule has 2 N–H and O–H groups in total. The fourth-order valence-electron chi connectivity index (χ4n) is 9.42. The van der Waals surface area contributed by atoms with Crippen LogP contribution in [-0.2, 0) is 9.59 Å². The molecule has 0 radical (unpaired) electrons. The number of nitrogens with two attached hydrogens (primary N) is 1. The van der Waals surface area contributed by atoms with E-state index in [4.69, 9.17) is 15.6 Å². The van der Waals surface area contributed by atoms with Crippen molar-refractivity contribution in [1.29, 1.82) is 0 Å². The minimum atomic E-state index is -0.507. The van der Waals surface area contributed by atoms with Crippen LogP contribution in [0.3, 0.4) is 0 Å². The Kier molecular flexibility index (Phi) is 8.88. The third kappa shape index (κ3) is 6.19. The van der Waals surface area contributed by atoms with Gasteiger partial charge in [-0.1, -0.05) is 12.1 Å². The van der Waals surface area contributed by atoms with Crippen molar-refractivity contribution in [2.24, 2.45) is 11.7 Å². The molecule has 2 aliphatic carbocycles. The van der Waals surface area contributed by atoms with E-state index < -0.39 is 11.8 Å². The van der Waals surface area contributed by atoms with Gasteiger partial charge in [0, 0.05) is 79.1 Å². The first-order valence-corrected chi connectivity index (χ1v) is 19.5. The Balaban J connectivity index is 0.830. The standard InChI is InChI=1S/C42H47N7O5/c1-54-38-23-35-27(22-34(38)40(43)51)25-48(44-35)30-9-7-26(8-10-30)24-45-19-15-29(16-20-45)46-21-17-32-31(4-2-5-36(32)46)33-13-14-39(50)49(41(33)52)37-6-3-18-47(42(37)53)28-11-12-28/h2-6,17-18,21-23,25-26,28-30,33H,7-16,19-20,24H2,1H3,(H2,43,51). The van der Waals surface area contributed by atoms with Crippen LogP contribution < -0.4 is 20.9 Å². The summed E-state index contributed by atoms with van der Waals surface area (Å²) in [6.45, 7) is 3.21. The molecule has 9 rings (SSSR count). The summed E-state index contributed by atoms with van der Waals surface area (Å²) in [4.78, 5) is 56.2. The molecule has 0 bridgehead atoms. The van der Waals surface area contributed by atoms with E-state index in [1.54, 1.807) is 35.0 Å². The molecule has 12 nitrogen and oxygen atoms in total. The number of anilines is 1. The zero-order valence-corrected chi connectivity index (χ0v) is 30.7. The summed E-state index contributed by atoms with van der Waals surface area (Å²) in [6, 6.07) is 16.1. The average Bonchev–Trinajstić information content (AvgIpc) is 3.79. The van der Waals surface area contributed by atoms with Gasteiger partial charge in [0.25, 0.3) is 11.5 Å². The second-order valence-electron chi connectivity index (χ2n) is 15.8. The number of imide groups is 1. The van der Waals surface area contributed by atoms with Gasteiger partial charge in [-0.25, -0.2) is 4.90 Å². The molecule has 2 aromatic carbocycles. The molecule has 54 heavy (non-hydrogen) atoms. The molecule has 4 aliphatic rings. The predicted molar refractivity (Wildman–Crippen MR) is 206 cm³/mol. The van der Waals surface area contributed by atoms with Gasteiger partial charge in [-0.05, 0) is 99.6 Å². The SMILES string of the molecule is COc1cc2nn(C3CCC(CN4CCC(n5ccc6c(C7CCC(=O)N(c8cccn(C9CC9)c8=O)C7=O)cccc65)CC4)CC3)cc2cc1C(N)=O. The van der Waals surface area contributed by atoms with E-state index >= 15 is 0 Å². The highest BCUT2D eigenvalue weighted by Gasteiger charge is 2.39. The van der Waals surface area contributed by atoms with E-state index in [1.807, 2.05) is 18.3 Å². The summed E-state index contributed by atoms with van der Waals surface area (Å²) in [6.07, 6.45) is 15.1. The molecular formula is C42H47N7O5. The summed E-state index contributed by atoms with van der Waals surface area (Å²) < 4.78 is 11.5. The highest BCUT2D eigenvalue weighted by atomic mass is 16.5. The van der Waals surface area contributed by atoms with E-state index in [1.165, 1.54) is 7.11 Å². The summed E-state index contributed by atoms with van der Waals surface area (Å²) in [7, 11) is 1.54. The lowest BCUT2D eigenvalue weighted by Gasteiger charge is -2.37. The van der Waals surface area contributed by atoms with E-state index in [2.05, 4.69) is 32.5 Å². The van der Waals surface area contributed by atoms with Crippen LogP contribution in [0.15, 0.2) is 71.9 Å². The molecule has 280 valence electrons. The van der Waals surface area contributed by atoms with Crippen LogP contribution in [-0.4, -0.2) is 68.3 Å². The molecule has 1 unspecified atom stereocenters. The van der Waals surface area contributed by atoms with Crippen LogP contribution in [0.5, 0.6) is 5.75 Å². The first-order valence-electron chi connectivity index (χ1n) is 19.5. The zero-order chi connectivity index (χ0) is 37.1. The zero-order valence-electron chi connectivity index (χ0n) is 30.7. The number of ether oxygens (including phenoxy) is 1. The smallest absolute Gasteiger partial charge is 0.275 e. The summed E-state index contributed by atoms with van der Waals surface area (Å²) in [5, 5.41) is 6.78. The van der Waals surface area contributed by atoms with Gasteiger partial charge in [-0.2, -0.15) is 5.10 Å². The van der Waals surface area contributed by atoms with Crippen molar-refractivity contribution < 1.29 is 19.1 Å². The van der Waals surface area contributed by atoms with Crippen molar-refractivity contribution in [3.8, 4) is 5.75 Å². The number of hydrogen-bond acceptors (Lipinski definition) is 7. The Morgan fingerprint density at radius 2 is 1.61 bits per heavy atom. The van der Waals surface area contributed by atoms with Crippen LogP contribution >= 0.6 is 0 Å². The largest absolute Gasteiger partial charge is 0.496 e. The van der Waals surface area contributed by atoms with Crippen molar-refractivity contribution in [2.45, 2.75) is 88.3 Å².